The standard InChI is InChI=1S/C10H11BF3OS.K/c1-8(11(12,13)14)7-15-9-5-3-4-6-10(9)16-2;/h3-6H,1,7H2,2H3;/q-1;+1. The van der Waals surface area contributed by atoms with Gasteiger partial charge in [0, 0.05) is 4.90 Å². The van der Waals surface area contributed by atoms with E-state index in [0.29, 0.717) is 5.75 Å². The predicted octanol–water partition coefficient (Wildman–Crippen LogP) is 0.734. The smallest absolute Gasteiger partial charge is 0.491 e. The van der Waals surface area contributed by atoms with Crippen molar-refractivity contribution in [3.8, 4) is 5.75 Å². The summed E-state index contributed by atoms with van der Waals surface area (Å²) in [7, 11) is 0. The third-order valence-electron chi connectivity index (χ3n) is 1.95. The third kappa shape index (κ3) is 5.85. The topological polar surface area (TPSA) is 9.23 Å². The van der Waals surface area contributed by atoms with Gasteiger partial charge in [0.05, 0.1) is 6.61 Å². The average Bonchev–Trinajstić information content (AvgIpc) is 2.24. The first-order valence-electron chi connectivity index (χ1n) is 4.58. The molecule has 17 heavy (non-hydrogen) atoms. The number of halogens is 3. The van der Waals surface area contributed by atoms with Crippen LogP contribution in [0.4, 0.5) is 12.9 Å². The van der Waals surface area contributed by atoms with Gasteiger partial charge in [-0.3, -0.25) is 0 Å². The summed E-state index contributed by atoms with van der Waals surface area (Å²) in [6, 6.07) is 6.96. The number of para-hydroxylation sites is 1. The van der Waals surface area contributed by atoms with Gasteiger partial charge in [0.1, 0.15) is 5.75 Å². The maximum atomic E-state index is 12.2. The first-order valence-corrected chi connectivity index (χ1v) is 5.81. The second-order valence-corrected chi connectivity index (χ2v) is 4.02. The van der Waals surface area contributed by atoms with E-state index in [4.69, 9.17) is 4.74 Å². The van der Waals surface area contributed by atoms with Gasteiger partial charge in [-0.2, -0.15) is 0 Å². The minimum Gasteiger partial charge on any atom is -0.491 e. The summed E-state index contributed by atoms with van der Waals surface area (Å²) in [6.07, 6.45) is 1.84. The van der Waals surface area contributed by atoms with Crippen molar-refractivity contribution >= 4 is 18.7 Å². The molecule has 0 aliphatic heterocycles. The number of thioether (sulfide) groups is 1. The average molecular weight is 286 g/mol. The zero-order valence-corrected chi connectivity index (χ0v) is 13.7. The summed E-state index contributed by atoms with van der Waals surface area (Å²) in [6.45, 7) is -2.56. The Balaban J connectivity index is 0.00000256. The van der Waals surface area contributed by atoms with Crippen LogP contribution in [-0.4, -0.2) is 19.8 Å². The molecule has 0 saturated carbocycles. The second kappa shape index (κ2) is 7.91. The SMILES string of the molecule is C=C(COc1ccccc1SC)[B-](F)(F)F.[K+]. The van der Waals surface area contributed by atoms with Crippen molar-refractivity contribution in [3.63, 3.8) is 0 Å². The van der Waals surface area contributed by atoms with Gasteiger partial charge in [0.2, 0.25) is 0 Å². The van der Waals surface area contributed by atoms with E-state index in [9.17, 15) is 12.9 Å². The van der Waals surface area contributed by atoms with Crippen LogP contribution in [0.25, 0.3) is 0 Å². The maximum Gasteiger partial charge on any atom is 1.00 e. The van der Waals surface area contributed by atoms with Crippen molar-refractivity contribution in [3.05, 3.63) is 36.3 Å². The van der Waals surface area contributed by atoms with Crippen LogP contribution in [0.3, 0.4) is 0 Å². The van der Waals surface area contributed by atoms with Crippen molar-refractivity contribution < 1.29 is 69.1 Å². The zero-order chi connectivity index (χ0) is 12.2. The normalized spacial score (nSPS) is 10.6. The fourth-order valence-electron chi connectivity index (χ4n) is 1.00. The Morgan fingerprint density at radius 2 is 1.94 bits per heavy atom. The van der Waals surface area contributed by atoms with Gasteiger partial charge in [0.15, 0.2) is 0 Å². The summed E-state index contributed by atoms with van der Waals surface area (Å²) >= 11 is 1.42. The van der Waals surface area contributed by atoms with E-state index < -0.39 is 19.1 Å². The Hall–Kier alpha value is 0.601. The fraction of sp³-hybridized carbons (Fsp3) is 0.200. The largest absolute Gasteiger partial charge is 1.00 e. The second-order valence-electron chi connectivity index (χ2n) is 3.17. The number of ether oxygens (including phenoxy) is 1. The van der Waals surface area contributed by atoms with Crippen molar-refractivity contribution in [1.82, 2.24) is 0 Å². The van der Waals surface area contributed by atoms with Gasteiger partial charge in [-0.1, -0.05) is 12.1 Å². The summed E-state index contributed by atoms with van der Waals surface area (Å²) in [5.74, 6) is 0.455. The van der Waals surface area contributed by atoms with E-state index in [1.165, 1.54) is 11.8 Å². The number of hydrogen-bond donors (Lipinski definition) is 0. The minimum atomic E-state index is -5.01. The molecule has 0 spiro atoms. The van der Waals surface area contributed by atoms with Crippen LogP contribution >= 0.6 is 11.8 Å². The zero-order valence-electron chi connectivity index (χ0n) is 9.75. The van der Waals surface area contributed by atoms with Crippen molar-refractivity contribution in [2.24, 2.45) is 0 Å². The molecule has 0 fully saturated rings. The molecule has 0 saturated heterocycles. The first-order chi connectivity index (χ1) is 7.45. The van der Waals surface area contributed by atoms with Gasteiger partial charge in [-0.05, 0) is 18.4 Å². The quantitative estimate of drug-likeness (QED) is 0.583. The minimum absolute atomic E-state index is 0. The van der Waals surface area contributed by atoms with Gasteiger partial charge in [0.25, 0.3) is 0 Å². The van der Waals surface area contributed by atoms with Crippen LogP contribution in [-0.2, 0) is 0 Å². The Labute approximate surface area is 146 Å². The number of benzene rings is 1. The molecule has 1 nitrogen and oxygen atoms in total. The van der Waals surface area contributed by atoms with Gasteiger partial charge in [-0.25, -0.2) is 0 Å². The maximum absolute atomic E-state index is 12.2. The van der Waals surface area contributed by atoms with Crippen LogP contribution in [0, 0.1) is 0 Å². The predicted molar refractivity (Wildman–Crippen MR) is 61.9 cm³/mol. The molecule has 1 aromatic rings. The monoisotopic (exact) mass is 286 g/mol. The molecule has 0 bridgehead atoms. The van der Waals surface area contributed by atoms with Crippen molar-refractivity contribution in [2.75, 3.05) is 12.9 Å². The van der Waals surface area contributed by atoms with Crippen LogP contribution in [0.5, 0.6) is 5.75 Å². The van der Waals surface area contributed by atoms with Crippen molar-refractivity contribution in [2.45, 2.75) is 4.90 Å². The molecule has 0 N–H and O–H groups in total. The van der Waals surface area contributed by atoms with Gasteiger partial charge >= 0.3 is 58.4 Å². The summed E-state index contributed by atoms with van der Waals surface area (Å²) < 4.78 is 41.7. The van der Waals surface area contributed by atoms with Crippen LogP contribution in [0.2, 0.25) is 0 Å². The molecule has 0 unspecified atom stereocenters. The Morgan fingerprint density at radius 3 is 2.47 bits per heavy atom. The van der Waals surface area contributed by atoms with E-state index in [1.807, 2.05) is 6.26 Å². The Kier molecular flexibility index (Phi) is 8.19. The molecule has 0 atom stereocenters. The van der Waals surface area contributed by atoms with E-state index in [0.717, 1.165) is 4.90 Å². The molecule has 0 aromatic heterocycles. The van der Waals surface area contributed by atoms with Gasteiger partial charge < -0.3 is 17.7 Å². The number of rotatable bonds is 5. The summed E-state index contributed by atoms with van der Waals surface area (Å²) in [5, 5.41) is 0. The van der Waals surface area contributed by atoms with E-state index >= 15 is 0 Å². The first kappa shape index (κ1) is 17.6. The van der Waals surface area contributed by atoms with Crippen LogP contribution < -0.4 is 56.1 Å². The third-order valence-corrected chi connectivity index (χ3v) is 2.72. The van der Waals surface area contributed by atoms with Gasteiger partial charge in [-0.15, -0.1) is 23.8 Å². The van der Waals surface area contributed by atoms with E-state index in [1.54, 1.807) is 24.3 Å². The van der Waals surface area contributed by atoms with E-state index in [-0.39, 0.29) is 51.4 Å². The molecule has 7 heteroatoms. The molecule has 0 aliphatic carbocycles. The number of hydrogen-bond acceptors (Lipinski definition) is 2. The molecule has 0 radical (unpaired) electrons. The Bertz CT molecular complexity index is 384. The molecule has 88 valence electrons. The summed E-state index contributed by atoms with van der Waals surface area (Å²) in [5.41, 5.74) is -0.823. The molecular weight excluding hydrogens is 275 g/mol. The van der Waals surface area contributed by atoms with Crippen molar-refractivity contribution in [1.29, 1.82) is 0 Å². The van der Waals surface area contributed by atoms with E-state index in [2.05, 4.69) is 6.58 Å². The Morgan fingerprint density at radius 1 is 1.35 bits per heavy atom. The molecule has 1 aromatic carbocycles. The molecule has 0 heterocycles. The molecular formula is C10H11BF3KOS. The molecule has 0 amide bonds. The van der Waals surface area contributed by atoms with Crippen LogP contribution in [0.15, 0.2) is 41.2 Å². The molecule has 0 aliphatic rings. The fourth-order valence-corrected chi connectivity index (χ4v) is 1.55. The molecule has 1 rings (SSSR count). The summed E-state index contributed by atoms with van der Waals surface area (Å²) in [4.78, 5) is 0.810. The van der Waals surface area contributed by atoms with Crippen LogP contribution in [0.1, 0.15) is 0 Å².